The van der Waals surface area contributed by atoms with Crippen LogP contribution in [0.3, 0.4) is 0 Å². The molecule has 3 rings (SSSR count). The molecule has 0 radical (unpaired) electrons. The van der Waals surface area contributed by atoms with Crippen LogP contribution in [0.15, 0.2) is 42.5 Å². The summed E-state index contributed by atoms with van der Waals surface area (Å²) in [7, 11) is 0. The van der Waals surface area contributed by atoms with Crippen LogP contribution >= 0.6 is 0 Å². The predicted molar refractivity (Wildman–Crippen MR) is 115 cm³/mol. The molecule has 1 aliphatic heterocycles. The van der Waals surface area contributed by atoms with Gasteiger partial charge in [0, 0.05) is 36.3 Å². The summed E-state index contributed by atoms with van der Waals surface area (Å²) >= 11 is -2.34. The van der Waals surface area contributed by atoms with Gasteiger partial charge in [-0.25, -0.2) is 4.79 Å². The van der Waals surface area contributed by atoms with Crippen LogP contribution in [0.2, 0.25) is 0 Å². The Morgan fingerprint density at radius 1 is 1.17 bits per heavy atom. The quantitative estimate of drug-likeness (QED) is 0.673. The number of amides is 1. The predicted octanol–water partition coefficient (Wildman–Crippen LogP) is 4.48. The lowest BCUT2D eigenvalue weighted by atomic mass is 9.93. The van der Waals surface area contributed by atoms with Gasteiger partial charge in [-0.2, -0.15) is 0 Å². The van der Waals surface area contributed by atoms with Crippen molar-refractivity contribution < 1.29 is 18.3 Å². The fraction of sp³-hybridized carbons (Fsp3) is 0.500. The average molecular weight is 418 g/mol. The lowest BCUT2D eigenvalue weighted by molar-refractivity contribution is 0.0182. The molecule has 0 aliphatic carbocycles. The van der Waals surface area contributed by atoms with Crippen LogP contribution in [0, 0.1) is 5.92 Å². The lowest BCUT2D eigenvalue weighted by Crippen LogP contribution is -2.42. The number of rotatable bonds is 5. The molecule has 2 aromatic rings. The van der Waals surface area contributed by atoms with Crippen molar-refractivity contribution in [3.8, 4) is 0 Å². The van der Waals surface area contributed by atoms with E-state index in [9.17, 15) is 13.6 Å². The highest BCUT2D eigenvalue weighted by molar-refractivity contribution is 7.80. The summed E-state index contributed by atoms with van der Waals surface area (Å²) in [4.78, 5) is 13.9. The topological polar surface area (TPSA) is 72.9 Å². The Morgan fingerprint density at radius 3 is 2.48 bits per heavy atom. The fourth-order valence-electron chi connectivity index (χ4n) is 3.73. The van der Waals surface area contributed by atoms with E-state index in [2.05, 4.69) is 0 Å². The Balaban J connectivity index is 1.60. The molecule has 158 valence electrons. The third-order valence-corrected chi connectivity index (χ3v) is 5.96. The van der Waals surface area contributed by atoms with Crippen molar-refractivity contribution in [1.29, 1.82) is 0 Å². The van der Waals surface area contributed by atoms with Gasteiger partial charge in [-0.15, -0.1) is 0 Å². The molecular formula is C22H29N2O4S-. The number of likely N-dealkylation sites (tertiary alicyclic amines) is 1. The Bertz CT molecular complexity index is 867. The minimum Gasteiger partial charge on any atom is -0.755 e. The maximum atomic E-state index is 12.2. The van der Waals surface area contributed by atoms with Crippen LogP contribution in [0.5, 0.6) is 0 Å². The van der Waals surface area contributed by atoms with Gasteiger partial charge in [-0.05, 0) is 57.4 Å². The molecule has 1 atom stereocenters. The third-order valence-electron chi connectivity index (χ3n) is 5.22. The molecule has 1 saturated heterocycles. The molecule has 0 saturated carbocycles. The fourth-order valence-corrected chi connectivity index (χ4v) is 4.31. The van der Waals surface area contributed by atoms with Crippen LogP contribution in [0.4, 0.5) is 10.5 Å². The summed E-state index contributed by atoms with van der Waals surface area (Å²) in [6.07, 6.45) is 2.20. The van der Waals surface area contributed by atoms with Gasteiger partial charge < -0.3 is 18.5 Å². The van der Waals surface area contributed by atoms with Crippen molar-refractivity contribution in [3.63, 3.8) is 0 Å². The molecule has 1 heterocycles. The molecule has 0 aromatic heterocycles. The molecule has 1 fully saturated rings. The molecule has 1 unspecified atom stereocenters. The largest absolute Gasteiger partial charge is 0.755 e. The van der Waals surface area contributed by atoms with Gasteiger partial charge >= 0.3 is 6.09 Å². The first-order valence-corrected chi connectivity index (χ1v) is 11.1. The van der Waals surface area contributed by atoms with Gasteiger partial charge in [-0.1, -0.05) is 36.4 Å². The number of nitrogens with zero attached hydrogens (tertiary/aromatic N) is 2. The second-order valence-electron chi connectivity index (χ2n) is 8.52. The Kier molecular flexibility index (Phi) is 6.80. The van der Waals surface area contributed by atoms with Crippen molar-refractivity contribution in [3.05, 3.63) is 42.5 Å². The molecule has 1 amide bonds. The van der Waals surface area contributed by atoms with Gasteiger partial charge in [0.05, 0.1) is 5.69 Å². The highest BCUT2D eigenvalue weighted by Crippen LogP contribution is 2.29. The Labute approximate surface area is 175 Å². The number of fused-ring (bicyclic) bond motifs is 1. The van der Waals surface area contributed by atoms with Crippen LogP contribution < -0.4 is 4.31 Å². The summed E-state index contributed by atoms with van der Waals surface area (Å²) in [5, 5.41) is 1.95. The maximum Gasteiger partial charge on any atom is 0.410 e. The molecule has 0 N–H and O–H groups in total. The highest BCUT2D eigenvalue weighted by atomic mass is 32.2. The lowest BCUT2D eigenvalue weighted by Gasteiger charge is -2.35. The van der Waals surface area contributed by atoms with Gasteiger partial charge in [0.1, 0.15) is 5.60 Å². The first-order chi connectivity index (χ1) is 13.7. The first-order valence-electron chi connectivity index (χ1n) is 10.1. The summed E-state index contributed by atoms with van der Waals surface area (Å²) in [6.45, 7) is 7.32. The van der Waals surface area contributed by atoms with Crippen molar-refractivity contribution >= 4 is 33.8 Å². The van der Waals surface area contributed by atoms with E-state index in [0.29, 0.717) is 31.2 Å². The number of anilines is 1. The number of piperidine rings is 1. The minimum atomic E-state index is -2.34. The van der Waals surface area contributed by atoms with E-state index in [1.54, 1.807) is 4.90 Å². The molecule has 0 bridgehead atoms. The minimum absolute atomic E-state index is 0.269. The maximum absolute atomic E-state index is 12.2. The SMILES string of the molecule is CC(C)(C)OC(=O)N1CCC(CCN(c2cccc3ccccc23)S(=O)[O-])CC1. The Morgan fingerprint density at radius 2 is 1.83 bits per heavy atom. The zero-order chi connectivity index (χ0) is 21.0. The summed E-state index contributed by atoms with van der Waals surface area (Å²) in [5.41, 5.74) is 0.216. The third kappa shape index (κ3) is 5.70. The van der Waals surface area contributed by atoms with Crippen LogP contribution in [0.25, 0.3) is 10.8 Å². The second kappa shape index (κ2) is 9.13. The number of ether oxygens (including phenoxy) is 1. The smallest absolute Gasteiger partial charge is 0.410 e. The van der Waals surface area contributed by atoms with Gasteiger partial charge in [0.25, 0.3) is 0 Å². The molecule has 29 heavy (non-hydrogen) atoms. The van der Waals surface area contributed by atoms with Crippen molar-refractivity contribution in [2.75, 3.05) is 23.9 Å². The molecule has 7 heteroatoms. The van der Waals surface area contributed by atoms with E-state index in [-0.39, 0.29) is 6.09 Å². The summed E-state index contributed by atoms with van der Waals surface area (Å²) in [5.74, 6) is 0.384. The normalized spacial score (nSPS) is 16.6. The highest BCUT2D eigenvalue weighted by Gasteiger charge is 2.27. The molecule has 6 nitrogen and oxygen atoms in total. The second-order valence-corrected chi connectivity index (χ2v) is 9.39. The number of hydrogen-bond acceptors (Lipinski definition) is 4. The van der Waals surface area contributed by atoms with Crippen LogP contribution in [-0.2, 0) is 16.0 Å². The van der Waals surface area contributed by atoms with Crippen molar-refractivity contribution in [2.24, 2.45) is 5.92 Å². The summed E-state index contributed by atoms with van der Waals surface area (Å²) in [6, 6.07) is 13.5. The number of benzene rings is 2. The first kappa shape index (κ1) is 21.6. The van der Waals surface area contributed by atoms with Gasteiger partial charge in [-0.3, -0.25) is 4.21 Å². The molecular weight excluding hydrogens is 388 g/mol. The van der Waals surface area contributed by atoms with Crippen molar-refractivity contribution in [1.82, 2.24) is 4.90 Å². The number of carbonyl (C=O) groups excluding carboxylic acids is 1. The molecule has 2 aromatic carbocycles. The van der Waals surface area contributed by atoms with Gasteiger partial charge in [0.15, 0.2) is 0 Å². The van der Waals surface area contributed by atoms with E-state index in [0.717, 1.165) is 30.0 Å². The standard InChI is InChI=1S/C22H30N2O4S/c1-22(2,3)28-21(25)23-14-11-17(12-15-23)13-16-24(29(26)27)20-10-6-8-18-7-4-5-9-19(18)20/h4-10,17H,11-16H2,1-3H3,(H,26,27)/p-1. The van der Waals surface area contributed by atoms with E-state index in [1.165, 1.54) is 4.31 Å². The molecule has 1 aliphatic rings. The van der Waals surface area contributed by atoms with E-state index >= 15 is 0 Å². The van der Waals surface area contributed by atoms with Crippen LogP contribution in [0.1, 0.15) is 40.0 Å². The zero-order valence-corrected chi connectivity index (χ0v) is 18.1. The monoisotopic (exact) mass is 417 g/mol. The molecule has 0 spiro atoms. The summed E-state index contributed by atoms with van der Waals surface area (Å²) < 4.78 is 30.8. The Hall–Kier alpha value is -2.12. The van der Waals surface area contributed by atoms with E-state index in [4.69, 9.17) is 4.74 Å². The van der Waals surface area contributed by atoms with E-state index < -0.39 is 16.9 Å². The van der Waals surface area contributed by atoms with Gasteiger partial charge in [0.2, 0.25) is 0 Å². The number of hydrogen-bond donors (Lipinski definition) is 0. The van der Waals surface area contributed by atoms with Crippen LogP contribution in [-0.4, -0.2) is 45.0 Å². The zero-order valence-electron chi connectivity index (χ0n) is 17.3. The number of carbonyl (C=O) groups is 1. The van der Waals surface area contributed by atoms with Crippen molar-refractivity contribution in [2.45, 2.75) is 45.6 Å². The average Bonchev–Trinajstić information content (AvgIpc) is 2.67. The van der Waals surface area contributed by atoms with E-state index in [1.807, 2.05) is 63.2 Å².